The summed E-state index contributed by atoms with van der Waals surface area (Å²) in [5.41, 5.74) is -12.4. The monoisotopic (exact) mass is 487 g/mol. The van der Waals surface area contributed by atoms with Gasteiger partial charge in [-0.15, -0.1) is 0 Å². The van der Waals surface area contributed by atoms with Gasteiger partial charge in [0.15, 0.2) is 26.4 Å². The maximum atomic E-state index is 11.4. The van der Waals surface area contributed by atoms with Crippen LogP contribution in [0.5, 0.6) is 0 Å². The van der Waals surface area contributed by atoms with Crippen molar-refractivity contribution in [1.29, 1.82) is 0 Å². The minimum Gasteiger partial charge on any atom is -0.421 e. The summed E-state index contributed by atoms with van der Waals surface area (Å²) >= 11 is 0. The summed E-state index contributed by atoms with van der Waals surface area (Å²) in [5.74, 6) is 0. The molecule has 0 heterocycles. The van der Waals surface area contributed by atoms with Crippen LogP contribution in [0.4, 0.5) is 26.3 Å². The summed E-state index contributed by atoms with van der Waals surface area (Å²) < 4.78 is 120. The molecule has 0 aliphatic heterocycles. The van der Waals surface area contributed by atoms with Crippen LogP contribution in [0.1, 0.15) is 20.8 Å². The number of rotatable bonds is 10. The first-order valence-electron chi connectivity index (χ1n) is 7.73. The summed E-state index contributed by atoms with van der Waals surface area (Å²) in [6.07, 6.45) is 4.92. The molecule has 0 saturated carbocycles. The van der Waals surface area contributed by atoms with Gasteiger partial charge in [0, 0.05) is 14.4 Å². The van der Waals surface area contributed by atoms with Gasteiger partial charge in [0.2, 0.25) is 0 Å². The van der Waals surface area contributed by atoms with E-state index in [0.717, 1.165) is 23.7 Å². The van der Waals surface area contributed by atoms with Gasteiger partial charge < -0.3 is 13.6 Å². The largest absolute Gasteiger partial charge is 0.480 e. The van der Waals surface area contributed by atoms with Gasteiger partial charge in [-0.25, -0.2) is 16.8 Å². The second kappa shape index (κ2) is 11.8. The molecule has 0 N–H and O–H groups in total. The van der Waals surface area contributed by atoms with E-state index < -0.39 is 38.3 Å². The number of hydrogen-bond donors (Lipinski definition) is 0. The van der Waals surface area contributed by atoms with Crippen molar-refractivity contribution in [1.82, 2.24) is 0 Å². The number of alkyl halides is 6. The lowest BCUT2D eigenvalue weighted by atomic mass is 10.8. The Balaban J connectivity index is 0. The molecule has 0 fully saturated rings. The van der Waals surface area contributed by atoms with Crippen LogP contribution in [0.15, 0.2) is 0 Å². The van der Waals surface area contributed by atoms with E-state index in [9.17, 15) is 43.2 Å². The topological polar surface area (TPSA) is 101 Å². The van der Waals surface area contributed by atoms with Crippen molar-refractivity contribution in [3.63, 3.8) is 0 Å². The highest BCUT2D eigenvalue weighted by Crippen LogP contribution is 2.57. The van der Waals surface area contributed by atoms with Crippen molar-refractivity contribution < 1.29 is 52.7 Å². The van der Waals surface area contributed by atoms with Gasteiger partial charge in [0.05, 0.1) is 31.7 Å². The van der Waals surface area contributed by atoms with E-state index >= 15 is 0 Å². The molecule has 0 bridgehead atoms. The molecule has 0 unspecified atom stereocenters. The number of sulfonamides is 2. The van der Waals surface area contributed by atoms with E-state index in [-0.39, 0.29) is 0 Å². The standard InChI is InChI=1S/C10H24O2P.C2F6NO4S2/c1-5-13(6-2,7-3)10-12-9-8-11-4;3-1(4,5)14(10,11)9-15(12,13)2(6,7)8/h5-10H2,1-4H3;/q+1;-1. The third-order valence-corrected chi connectivity index (χ3v) is 11.1. The molecular weight excluding hydrogens is 463 g/mol. The third-order valence-electron chi connectivity index (χ3n) is 3.59. The van der Waals surface area contributed by atoms with E-state index in [0.29, 0.717) is 0 Å². The lowest BCUT2D eigenvalue weighted by Gasteiger charge is -2.22. The Morgan fingerprint density at radius 2 is 1.14 bits per heavy atom. The molecule has 0 aliphatic carbocycles. The highest BCUT2D eigenvalue weighted by Gasteiger charge is 2.46. The zero-order valence-corrected chi connectivity index (χ0v) is 18.2. The lowest BCUT2D eigenvalue weighted by Crippen LogP contribution is -2.30. The molecule has 172 valence electrons. The van der Waals surface area contributed by atoms with Gasteiger partial charge in [0.25, 0.3) is 0 Å². The Bertz CT molecular complexity index is 596. The van der Waals surface area contributed by atoms with Crippen LogP contribution in [0.3, 0.4) is 0 Å². The Hall–Kier alpha value is -0.210. The van der Waals surface area contributed by atoms with Crippen LogP contribution in [0.25, 0.3) is 4.13 Å². The molecule has 0 aromatic heterocycles. The van der Waals surface area contributed by atoms with E-state index in [2.05, 4.69) is 20.8 Å². The van der Waals surface area contributed by atoms with Gasteiger partial charge in [-0.2, -0.15) is 26.3 Å². The number of ether oxygens (including phenoxy) is 2. The number of hydrogen-bond acceptors (Lipinski definition) is 6. The molecule has 16 heteroatoms. The minimum absolute atomic E-state index is 0.719. The Morgan fingerprint density at radius 1 is 0.786 bits per heavy atom. The first-order valence-corrected chi connectivity index (χ1v) is 13.1. The van der Waals surface area contributed by atoms with E-state index in [1.807, 2.05) is 0 Å². The van der Waals surface area contributed by atoms with Gasteiger partial charge in [-0.05, 0) is 20.8 Å². The second-order valence-corrected chi connectivity index (χ2v) is 13.5. The summed E-state index contributed by atoms with van der Waals surface area (Å²) in [6, 6.07) is 0. The first kappa shape index (κ1) is 30.0. The zero-order chi connectivity index (χ0) is 22.9. The van der Waals surface area contributed by atoms with Crippen molar-refractivity contribution >= 4 is 27.3 Å². The molecule has 7 nitrogen and oxygen atoms in total. The summed E-state index contributed by atoms with van der Waals surface area (Å²) in [5, 5.41) is 0. The van der Waals surface area contributed by atoms with E-state index in [1.165, 1.54) is 18.5 Å². The summed E-state index contributed by atoms with van der Waals surface area (Å²) in [4.78, 5) is 0. The van der Waals surface area contributed by atoms with E-state index in [4.69, 9.17) is 9.47 Å². The smallest absolute Gasteiger partial charge is 0.421 e. The minimum atomic E-state index is -6.72. The third kappa shape index (κ3) is 10.0. The maximum absolute atomic E-state index is 11.4. The Labute approximate surface area is 161 Å². The first-order chi connectivity index (χ1) is 12.4. The molecule has 0 rings (SSSR count). The van der Waals surface area contributed by atoms with Crippen molar-refractivity contribution in [3.8, 4) is 0 Å². The maximum Gasteiger partial charge on any atom is 0.480 e. The summed E-state index contributed by atoms with van der Waals surface area (Å²) in [6.45, 7) is 8.34. The fourth-order valence-corrected chi connectivity index (χ4v) is 5.67. The molecular formula is C12H24F6NO6PS2. The zero-order valence-electron chi connectivity index (χ0n) is 15.7. The number of halogens is 6. The number of nitrogens with zero attached hydrogens (tertiary/aromatic N) is 1. The van der Waals surface area contributed by atoms with Crippen LogP contribution in [-0.2, 0) is 29.5 Å². The van der Waals surface area contributed by atoms with Gasteiger partial charge in [0.1, 0.15) is 0 Å². The summed E-state index contributed by atoms with van der Waals surface area (Å²) in [7, 11) is -12.5. The predicted octanol–water partition coefficient (Wildman–Crippen LogP) is 3.74. The van der Waals surface area contributed by atoms with Gasteiger partial charge in [-0.3, -0.25) is 0 Å². The van der Waals surface area contributed by atoms with Crippen LogP contribution in [0, 0.1) is 0 Å². The van der Waals surface area contributed by atoms with Crippen molar-refractivity contribution in [2.45, 2.75) is 31.8 Å². The highest BCUT2D eigenvalue weighted by molar-refractivity contribution is 8.13. The fourth-order valence-electron chi connectivity index (χ4n) is 1.56. The molecule has 0 amide bonds. The van der Waals surface area contributed by atoms with Gasteiger partial charge in [-0.1, -0.05) is 0 Å². The van der Waals surface area contributed by atoms with Crippen LogP contribution >= 0.6 is 7.26 Å². The number of methoxy groups -OCH3 is 1. The van der Waals surface area contributed by atoms with Crippen LogP contribution in [0.2, 0.25) is 0 Å². The van der Waals surface area contributed by atoms with Crippen molar-refractivity contribution in [3.05, 3.63) is 4.13 Å². The molecule has 0 aromatic rings. The van der Waals surface area contributed by atoms with Crippen molar-refractivity contribution in [2.24, 2.45) is 0 Å². The van der Waals surface area contributed by atoms with E-state index in [1.54, 1.807) is 7.11 Å². The average Bonchev–Trinajstić information content (AvgIpc) is 2.53. The molecule has 0 saturated heterocycles. The van der Waals surface area contributed by atoms with Crippen LogP contribution < -0.4 is 0 Å². The Kier molecular flexibility index (Phi) is 12.7. The second-order valence-electron chi connectivity index (χ2n) is 5.24. The Morgan fingerprint density at radius 3 is 1.39 bits per heavy atom. The fraction of sp³-hybridized carbons (Fsp3) is 1.00. The SMILES string of the molecule is CC[P+](CC)(CC)COCCOC.O=S(=O)([N-]S(=O)(=O)C(F)(F)F)C(F)(F)F. The normalized spacial score (nSPS) is 13.8. The van der Waals surface area contributed by atoms with Crippen molar-refractivity contribution in [2.75, 3.05) is 45.2 Å². The quantitative estimate of drug-likeness (QED) is 0.264. The average molecular weight is 487 g/mol. The van der Waals surface area contributed by atoms with Gasteiger partial charge >= 0.3 is 11.0 Å². The predicted molar refractivity (Wildman–Crippen MR) is 94.5 cm³/mol. The van der Waals surface area contributed by atoms with Crippen LogP contribution in [-0.4, -0.2) is 73.0 Å². The molecule has 0 atom stereocenters. The molecule has 0 radical (unpaired) electrons. The molecule has 28 heavy (non-hydrogen) atoms. The molecule has 0 aromatic carbocycles. The molecule has 0 aliphatic rings. The lowest BCUT2D eigenvalue weighted by molar-refractivity contribution is -0.0444. The highest BCUT2D eigenvalue weighted by atomic mass is 32.3. The molecule has 0 spiro atoms.